The van der Waals surface area contributed by atoms with Gasteiger partial charge in [-0.25, -0.2) is 0 Å². The van der Waals surface area contributed by atoms with Crippen molar-refractivity contribution in [2.24, 2.45) is 5.73 Å². The van der Waals surface area contributed by atoms with Gasteiger partial charge in [-0.1, -0.05) is 5.16 Å². The van der Waals surface area contributed by atoms with Crippen molar-refractivity contribution < 1.29 is 14.7 Å². The maximum absolute atomic E-state index is 9.11. The first-order chi connectivity index (χ1) is 7.43. The van der Waals surface area contributed by atoms with Crippen molar-refractivity contribution in [2.45, 2.75) is 31.2 Å². The summed E-state index contributed by atoms with van der Waals surface area (Å²) in [6.07, 6.45) is -0.710. The molecule has 0 radical (unpaired) electrons. The van der Waals surface area contributed by atoms with Crippen molar-refractivity contribution in [1.29, 1.82) is 0 Å². The van der Waals surface area contributed by atoms with Crippen LogP contribution in [-0.2, 0) is 11.3 Å². The Morgan fingerprint density at radius 1 is 1.56 bits per heavy atom. The van der Waals surface area contributed by atoms with Gasteiger partial charge in [-0.15, -0.1) is 11.8 Å². The highest BCUT2D eigenvalue weighted by molar-refractivity contribution is 7.98. The van der Waals surface area contributed by atoms with Crippen LogP contribution in [0.1, 0.15) is 25.6 Å². The lowest BCUT2D eigenvalue weighted by atomic mass is 10.1. The Labute approximate surface area is 98.2 Å². The Balaban J connectivity index is 2.41. The van der Waals surface area contributed by atoms with Gasteiger partial charge in [0.25, 0.3) is 0 Å². The molecule has 0 saturated carbocycles. The van der Waals surface area contributed by atoms with Crippen molar-refractivity contribution in [2.75, 3.05) is 12.4 Å². The minimum absolute atomic E-state index is 0.238. The SMILES string of the molecule is CC(C)(N)c1noc(CSCC(O)CO)n1. The number of aliphatic hydroxyl groups excluding tert-OH is 2. The van der Waals surface area contributed by atoms with E-state index in [1.807, 2.05) is 0 Å². The molecule has 0 saturated heterocycles. The van der Waals surface area contributed by atoms with Gasteiger partial charge in [0, 0.05) is 5.75 Å². The van der Waals surface area contributed by atoms with E-state index in [0.29, 0.717) is 23.2 Å². The van der Waals surface area contributed by atoms with Crippen molar-refractivity contribution in [1.82, 2.24) is 10.1 Å². The molecule has 0 amide bonds. The van der Waals surface area contributed by atoms with Gasteiger partial charge < -0.3 is 20.5 Å². The van der Waals surface area contributed by atoms with E-state index in [0.717, 1.165) is 0 Å². The Morgan fingerprint density at radius 2 is 2.25 bits per heavy atom. The molecule has 1 heterocycles. The van der Waals surface area contributed by atoms with Crippen LogP contribution in [0.25, 0.3) is 0 Å². The average Bonchev–Trinajstić information content (AvgIpc) is 2.65. The molecule has 0 aliphatic rings. The number of aliphatic hydroxyl groups is 2. The lowest BCUT2D eigenvalue weighted by molar-refractivity contribution is 0.113. The highest BCUT2D eigenvalue weighted by Gasteiger charge is 2.21. The first-order valence-electron chi connectivity index (χ1n) is 4.92. The fourth-order valence-electron chi connectivity index (χ4n) is 0.910. The fourth-order valence-corrected chi connectivity index (χ4v) is 1.70. The second-order valence-corrected chi connectivity index (χ2v) is 5.12. The van der Waals surface area contributed by atoms with Crippen molar-refractivity contribution in [3.63, 3.8) is 0 Å². The standard InChI is InChI=1S/C9H17N3O3S/c1-9(2,10)8-11-7(15-12-8)5-16-4-6(14)3-13/h6,13-14H,3-5,10H2,1-2H3. The van der Waals surface area contributed by atoms with Crippen LogP contribution in [-0.4, -0.2) is 38.8 Å². The Hall–Kier alpha value is -0.630. The number of hydrogen-bond acceptors (Lipinski definition) is 7. The third kappa shape index (κ3) is 4.09. The summed E-state index contributed by atoms with van der Waals surface area (Å²) < 4.78 is 5.00. The van der Waals surface area contributed by atoms with Gasteiger partial charge in [0.15, 0.2) is 5.82 Å². The molecule has 1 aromatic heterocycles. The zero-order valence-corrected chi connectivity index (χ0v) is 10.2. The number of thioether (sulfide) groups is 1. The van der Waals surface area contributed by atoms with Crippen LogP contribution in [0.5, 0.6) is 0 Å². The molecule has 1 rings (SSSR count). The normalized spacial score (nSPS) is 14.1. The predicted molar refractivity (Wildman–Crippen MR) is 60.8 cm³/mol. The van der Waals surface area contributed by atoms with E-state index < -0.39 is 11.6 Å². The van der Waals surface area contributed by atoms with Crippen LogP contribution < -0.4 is 5.73 Å². The van der Waals surface area contributed by atoms with E-state index in [9.17, 15) is 0 Å². The second-order valence-electron chi connectivity index (χ2n) is 4.08. The van der Waals surface area contributed by atoms with Gasteiger partial charge >= 0.3 is 0 Å². The predicted octanol–water partition coefficient (Wildman–Crippen LogP) is -0.150. The van der Waals surface area contributed by atoms with E-state index in [1.165, 1.54) is 11.8 Å². The molecular weight excluding hydrogens is 230 g/mol. The number of hydrogen-bond donors (Lipinski definition) is 3. The van der Waals surface area contributed by atoms with E-state index >= 15 is 0 Å². The zero-order valence-electron chi connectivity index (χ0n) is 9.38. The molecule has 0 aliphatic heterocycles. The summed E-state index contributed by atoms with van der Waals surface area (Å²) in [6.45, 7) is 3.35. The fraction of sp³-hybridized carbons (Fsp3) is 0.778. The van der Waals surface area contributed by atoms with Crippen LogP contribution in [0.2, 0.25) is 0 Å². The average molecular weight is 247 g/mol. The summed E-state index contributed by atoms with van der Waals surface area (Å²) in [5, 5.41) is 21.5. The Morgan fingerprint density at radius 3 is 2.75 bits per heavy atom. The van der Waals surface area contributed by atoms with Gasteiger partial charge in [-0.05, 0) is 13.8 Å². The number of rotatable bonds is 6. The molecule has 7 heteroatoms. The third-order valence-electron chi connectivity index (χ3n) is 1.79. The number of aromatic nitrogens is 2. The Bertz CT molecular complexity index is 324. The van der Waals surface area contributed by atoms with Gasteiger partial charge in [0.05, 0.1) is 24.0 Å². The van der Waals surface area contributed by atoms with Gasteiger partial charge in [0.1, 0.15) is 0 Å². The summed E-state index contributed by atoms with van der Waals surface area (Å²) in [7, 11) is 0. The molecule has 0 aliphatic carbocycles. The molecule has 0 spiro atoms. The monoisotopic (exact) mass is 247 g/mol. The first-order valence-corrected chi connectivity index (χ1v) is 6.07. The van der Waals surface area contributed by atoms with Gasteiger partial charge in [-0.2, -0.15) is 4.98 Å². The second kappa shape index (κ2) is 5.62. The van der Waals surface area contributed by atoms with Gasteiger partial charge in [0.2, 0.25) is 5.89 Å². The van der Waals surface area contributed by atoms with Crippen LogP contribution in [0.4, 0.5) is 0 Å². The molecular formula is C9H17N3O3S. The maximum atomic E-state index is 9.11. The minimum atomic E-state index is -0.710. The quantitative estimate of drug-likeness (QED) is 0.642. The van der Waals surface area contributed by atoms with Crippen LogP contribution in [0, 0.1) is 0 Å². The maximum Gasteiger partial charge on any atom is 0.236 e. The van der Waals surface area contributed by atoms with E-state index in [-0.39, 0.29) is 6.61 Å². The highest BCUT2D eigenvalue weighted by atomic mass is 32.2. The summed E-state index contributed by atoms with van der Waals surface area (Å²) in [5.74, 6) is 1.87. The summed E-state index contributed by atoms with van der Waals surface area (Å²) >= 11 is 1.42. The molecule has 92 valence electrons. The lowest BCUT2D eigenvalue weighted by Crippen LogP contribution is -2.30. The van der Waals surface area contributed by atoms with Gasteiger partial charge in [-0.3, -0.25) is 0 Å². The van der Waals surface area contributed by atoms with Crippen LogP contribution >= 0.6 is 11.8 Å². The molecule has 0 bridgehead atoms. The van der Waals surface area contributed by atoms with E-state index in [4.69, 9.17) is 20.5 Å². The van der Waals surface area contributed by atoms with Crippen LogP contribution in [0.15, 0.2) is 4.52 Å². The topological polar surface area (TPSA) is 105 Å². The lowest BCUT2D eigenvalue weighted by Gasteiger charge is -2.11. The molecule has 1 atom stereocenters. The molecule has 1 aromatic rings. The molecule has 1 unspecified atom stereocenters. The molecule has 6 nitrogen and oxygen atoms in total. The van der Waals surface area contributed by atoms with Crippen molar-refractivity contribution in [3.05, 3.63) is 11.7 Å². The van der Waals surface area contributed by atoms with Crippen LogP contribution in [0.3, 0.4) is 0 Å². The summed E-state index contributed by atoms with van der Waals surface area (Å²) in [5.41, 5.74) is 5.19. The number of nitrogens with zero attached hydrogens (tertiary/aromatic N) is 2. The van der Waals surface area contributed by atoms with Crippen molar-refractivity contribution >= 4 is 11.8 Å². The smallest absolute Gasteiger partial charge is 0.236 e. The Kier molecular flexibility index (Phi) is 4.72. The highest BCUT2D eigenvalue weighted by Crippen LogP contribution is 2.16. The number of nitrogens with two attached hydrogens (primary N) is 1. The summed E-state index contributed by atoms with van der Waals surface area (Å²) in [4.78, 5) is 4.14. The zero-order chi connectivity index (χ0) is 12.2. The first kappa shape index (κ1) is 13.4. The largest absolute Gasteiger partial charge is 0.394 e. The third-order valence-corrected chi connectivity index (χ3v) is 2.86. The molecule has 0 aromatic carbocycles. The summed E-state index contributed by atoms with van der Waals surface area (Å²) in [6, 6.07) is 0. The van der Waals surface area contributed by atoms with E-state index in [1.54, 1.807) is 13.8 Å². The minimum Gasteiger partial charge on any atom is -0.394 e. The van der Waals surface area contributed by atoms with Crippen molar-refractivity contribution in [3.8, 4) is 0 Å². The molecule has 16 heavy (non-hydrogen) atoms. The molecule has 0 fully saturated rings. The molecule has 4 N–H and O–H groups in total. The van der Waals surface area contributed by atoms with E-state index in [2.05, 4.69) is 10.1 Å².